The van der Waals surface area contributed by atoms with Gasteiger partial charge in [-0.1, -0.05) is 60.3 Å². The normalized spacial score (nSPS) is 11.1. The fourth-order valence-electron chi connectivity index (χ4n) is 3.80. The van der Waals surface area contributed by atoms with Gasteiger partial charge in [0.25, 0.3) is 0 Å². The van der Waals surface area contributed by atoms with Crippen molar-refractivity contribution in [3.8, 4) is 0 Å². The largest absolute Gasteiger partial charge is 0.462 e. The summed E-state index contributed by atoms with van der Waals surface area (Å²) in [5, 5.41) is 10.6. The number of aromatic nitrogens is 4. The van der Waals surface area contributed by atoms with E-state index in [1.54, 1.807) is 11.8 Å². The molecular formula is C25H26N4O2S. The van der Waals surface area contributed by atoms with E-state index in [1.807, 2.05) is 56.3 Å². The lowest BCUT2D eigenvalue weighted by Crippen LogP contribution is -2.12. The second-order valence-corrected chi connectivity index (χ2v) is 8.33. The van der Waals surface area contributed by atoms with Crippen molar-refractivity contribution in [2.45, 2.75) is 44.6 Å². The second kappa shape index (κ2) is 9.96. The minimum atomic E-state index is -0.333. The number of hydrogen-bond acceptors (Lipinski definition) is 6. The summed E-state index contributed by atoms with van der Waals surface area (Å²) in [5.41, 5.74) is 4.22. The van der Waals surface area contributed by atoms with E-state index in [-0.39, 0.29) is 5.97 Å². The van der Waals surface area contributed by atoms with Crippen LogP contribution in [0.15, 0.2) is 59.8 Å². The Morgan fingerprint density at radius 1 is 1.03 bits per heavy atom. The highest BCUT2D eigenvalue weighted by Gasteiger charge is 2.21. The van der Waals surface area contributed by atoms with Crippen molar-refractivity contribution in [1.29, 1.82) is 0 Å². The summed E-state index contributed by atoms with van der Waals surface area (Å²) in [6.07, 6.45) is 0.726. The number of fused-ring (bicyclic) bond motifs is 1. The Balaban J connectivity index is 1.64. The number of aryl methyl sites for hydroxylation is 1. The van der Waals surface area contributed by atoms with Crippen LogP contribution < -0.4 is 0 Å². The summed E-state index contributed by atoms with van der Waals surface area (Å²) in [7, 11) is 0. The number of pyridine rings is 1. The van der Waals surface area contributed by atoms with Gasteiger partial charge in [0.1, 0.15) is 5.82 Å². The summed E-state index contributed by atoms with van der Waals surface area (Å²) in [6, 6.07) is 18.1. The molecule has 0 unspecified atom stereocenters. The molecule has 0 radical (unpaired) electrons. The van der Waals surface area contributed by atoms with Gasteiger partial charge in [0.2, 0.25) is 0 Å². The molecule has 2 heterocycles. The molecular weight excluding hydrogens is 420 g/mol. The average Bonchev–Trinajstić information content (AvgIpc) is 3.19. The zero-order valence-corrected chi connectivity index (χ0v) is 19.4. The number of nitrogens with zero attached hydrogens (tertiary/aromatic N) is 4. The van der Waals surface area contributed by atoms with E-state index in [0.29, 0.717) is 23.6 Å². The monoisotopic (exact) mass is 446 g/mol. The summed E-state index contributed by atoms with van der Waals surface area (Å²) in [4.78, 5) is 17.6. The maximum Gasteiger partial charge on any atom is 0.340 e. The van der Waals surface area contributed by atoms with Crippen LogP contribution in [0.3, 0.4) is 0 Å². The molecule has 4 aromatic rings. The lowest BCUT2D eigenvalue weighted by Gasteiger charge is -2.14. The number of carbonyl (C=O) groups excluding carboxylic acids is 1. The van der Waals surface area contributed by atoms with Crippen molar-refractivity contribution >= 4 is 28.6 Å². The first-order valence-electron chi connectivity index (χ1n) is 10.8. The molecule has 7 heteroatoms. The maximum atomic E-state index is 12.8. The Morgan fingerprint density at radius 2 is 1.78 bits per heavy atom. The Bertz CT molecular complexity index is 1240. The van der Waals surface area contributed by atoms with Crippen molar-refractivity contribution in [2.75, 3.05) is 6.61 Å². The number of hydrogen-bond donors (Lipinski definition) is 0. The molecule has 0 saturated heterocycles. The zero-order valence-electron chi connectivity index (χ0n) is 18.5. The minimum absolute atomic E-state index is 0.324. The fraction of sp³-hybridized carbons (Fsp3) is 0.280. The van der Waals surface area contributed by atoms with E-state index in [4.69, 9.17) is 9.72 Å². The minimum Gasteiger partial charge on any atom is -0.462 e. The number of rotatable bonds is 8. The van der Waals surface area contributed by atoms with Gasteiger partial charge in [0.05, 0.1) is 23.4 Å². The van der Waals surface area contributed by atoms with E-state index in [1.165, 1.54) is 5.56 Å². The molecule has 0 fully saturated rings. The highest BCUT2D eigenvalue weighted by Crippen LogP contribution is 2.29. The zero-order chi connectivity index (χ0) is 22.5. The lowest BCUT2D eigenvalue weighted by molar-refractivity contribution is 0.0524. The molecule has 0 amide bonds. The number of para-hydroxylation sites is 1. The van der Waals surface area contributed by atoms with Crippen LogP contribution in [0.4, 0.5) is 0 Å². The van der Waals surface area contributed by atoms with E-state index in [0.717, 1.165) is 40.4 Å². The molecule has 0 aliphatic heterocycles. The van der Waals surface area contributed by atoms with Crippen molar-refractivity contribution < 1.29 is 9.53 Å². The quantitative estimate of drug-likeness (QED) is 0.273. The molecule has 2 aromatic heterocycles. The number of thioether (sulfide) groups is 1. The van der Waals surface area contributed by atoms with Crippen molar-refractivity contribution in [2.24, 2.45) is 0 Å². The predicted molar refractivity (Wildman–Crippen MR) is 127 cm³/mol. The van der Waals surface area contributed by atoms with Gasteiger partial charge in [-0.25, -0.2) is 4.79 Å². The molecule has 0 saturated carbocycles. The Morgan fingerprint density at radius 3 is 2.53 bits per heavy atom. The van der Waals surface area contributed by atoms with E-state index >= 15 is 0 Å². The third kappa shape index (κ3) is 4.53. The lowest BCUT2D eigenvalue weighted by atomic mass is 10.0. The highest BCUT2D eigenvalue weighted by atomic mass is 32.2. The molecule has 6 nitrogen and oxygen atoms in total. The molecule has 0 spiro atoms. The molecule has 0 atom stereocenters. The van der Waals surface area contributed by atoms with Crippen LogP contribution in [0.25, 0.3) is 10.9 Å². The highest BCUT2D eigenvalue weighted by molar-refractivity contribution is 7.98. The first kappa shape index (κ1) is 22.0. The maximum absolute atomic E-state index is 12.8. The van der Waals surface area contributed by atoms with Gasteiger partial charge in [-0.05, 0) is 38.0 Å². The van der Waals surface area contributed by atoms with Crippen LogP contribution in [0.2, 0.25) is 0 Å². The van der Waals surface area contributed by atoms with E-state index in [9.17, 15) is 4.79 Å². The topological polar surface area (TPSA) is 69.9 Å². The molecule has 32 heavy (non-hydrogen) atoms. The Hall–Kier alpha value is -3.19. The first-order chi connectivity index (χ1) is 15.6. The molecule has 0 aliphatic rings. The Labute approximate surface area is 192 Å². The van der Waals surface area contributed by atoms with Crippen LogP contribution in [0.1, 0.15) is 46.9 Å². The molecule has 2 aromatic carbocycles. The van der Waals surface area contributed by atoms with Crippen molar-refractivity contribution in [3.05, 3.63) is 82.8 Å². The van der Waals surface area contributed by atoms with Crippen LogP contribution in [-0.2, 0) is 23.5 Å². The van der Waals surface area contributed by atoms with Gasteiger partial charge >= 0.3 is 5.97 Å². The molecule has 0 bridgehead atoms. The van der Waals surface area contributed by atoms with E-state index < -0.39 is 0 Å². The second-order valence-electron chi connectivity index (χ2n) is 7.39. The van der Waals surface area contributed by atoms with Crippen molar-refractivity contribution in [1.82, 2.24) is 19.7 Å². The number of carbonyl (C=O) groups is 1. The van der Waals surface area contributed by atoms with Gasteiger partial charge in [-0.2, -0.15) is 0 Å². The fourth-order valence-corrected chi connectivity index (χ4v) is 4.77. The van der Waals surface area contributed by atoms with Gasteiger partial charge in [-0.15, -0.1) is 10.2 Å². The van der Waals surface area contributed by atoms with Gasteiger partial charge < -0.3 is 9.30 Å². The SMILES string of the molecule is CCOC(=O)c1c(CSc2nnc(Cc3ccccc3)n2CC)nc2ccccc2c1C. The van der Waals surface area contributed by atoms with Gasteiger partial charge in [-0.3, -0.25) is 4.98 Å². The summed E-state index contributed by atoms with van der Waals surface area (Å²) in [6.45, 7) is 6.95. The summed E-state index contributed by atoms with van der Waals surface area (Å²) < 4.78 is 7.47. The first-order valence-corrected chi connectivity index (χ1v) is 11.7. The number of benzene rings is 2. The number of ether oxygens (including phenoxy) is 1. The van der Waals surface area contributed by atoms with Gasteiger partial charge in [0, 0.05) is 24.1 Å². The average molecular weight is 447 g/mol. The molecule has 0 N–H and O–H groups in total. The third-order valence-electron chi connectivity index (χ3n) is 5.36. The summed E-state index contributed by atoms with van der Waals surface area (Å²) >= 11 is 1.54. The van der Waals surface area contributed by atoms with Gasteiger partial charge in [0.15, 0.2) is 5.16 Å². The predicted octanol–water partition coefficient (Wildman–Crippen LogP) is 5.21. The van der Waals surface area contributed by atoms with E-state index in [2.05, 4.69) is 33.8 Å². The van der Waals surface area contributed by atoms with Crippen LogP contribution in [0, 0.1) is 6.92 Å². The van der Waals surface area contributed by atoms with Crippen molar-refractivity contribution in [3.63, 3.8) is 0 Å². The van der Waals surface area contributed by atoms with Crippen LogP contribution in [-0.4, -0.2) is 32.3 Å². The standard InChI is InChI=1S/C25H26N4O2S/c1-4-29-22(15-18-11-7-6-8-12-18)27-28-25(29)32-16-21-23(24(30)31-5-2)17(3)19-13-9-10-14-20(19)26-21/h6-14H,4-5,15-16H2,1-3H3. The smallest absolute Gasteiger partial charge is 0.340 e. The molecule has 4 rings (SSSR count). The molecule has 0 aliphatic carbocycles. The summed E-state index contributed by atoms with van der Waals surface area (Å²) in [5.74, 6) is 1.10. The number of esters is 1. The molecule has 164 valence electrons. The third-order valence-corrected chi connectivity index (χ3v) is 6.34. The van der Waals surface area contributed by atoms with Crippen LogP contribution >= 0.6 is 11.8 Å². The van der Waals surface area contributed by atoms with Crippen LogP contribution in [0.5, 0.6) is 0 Å². The Kier molecular flexibility index (Phi) is 6.85.